The lowest BCUT2D eigenvalue weighted by Crippen LogP contribution is -2.00. The van der Waals surface area contributed by atoms with Crippen LogP contribution in [0.5, 0.6) is 0 Å². The molecule has 0 N–H and O–H groups in total. The largest absolute Gasteiger partial charge is 0.0778 e. The minimum atomic E-state index is 0.812. The van der Waals surface area contributed by atoms with E-state index in [9.17, 15) is 0 Å². The molecule has 0 radical (unpaired) electrons. The molecule has 0 aromatic heterocycles. The van der Waals surface area contributed by atoms with E-state index in [0.717, 1.165) is 11.8 Å². The Morgan fingerprint density at radius 3 is 2.62 bits per heavy atom. The van der Waals surface area contributed by atoms with Crippen LogP contribution in [0.3, 0.4) is 0 Å². The first-order valence-corrected chi connectivity index (χ1v) is 5.76. The molecular weight excluding hydrogens is 156 g/mol. The van der Waals surface area contributed by atoms with Crippen LogP contribution in [0.15, 0.2) is 23.3 Å². The lowest BCUT2D eigenvalue weighted by atomic mass is 9.90. The predicted octanol–water partition coefficient (Wildman–Crippen LogP) is 4.09. The van der Waals surface area contributed by atoms with Gasteiger partial charge in [0.1, 0.15) is 0 Å². The smallest absolute Gasteiger partial charge is 0.00158 e. The zero-order chi connectivity index (χ0) is 9.26. The summed E-state index contributed by atoms with van der Waals surface area (Å²) in [5.41, 5.74) is 3.48. The van der Waals surface area contributed by atoms with Crippen LogP contribution in [-0.4, -0.2) is 0 Å². The van der Waals surface area contributed by atoms with Crippen LogP contribution in [0.4, 0.5) is 0 Å². The standard InChI is InChI=1S/C13H20/c1-3-5-6-12-8-10-7-11(4-2)13(12)9-10/h7-8,10,13H,3-6,9H2,1-2H3. The van der Waals surface area contributed by atoms with E-state index in [1.165, 1.54) is 32.1 Å². The molecule has 2 atom stereocenters. The van der Waals surface area contributed by atoms with Crippen LogP contribution in [0.2, 0.25) is 0 Å². The quantitative estimate of drug-likeness (QED) is 0.566. The summed E-state index contributed by atoms with van der Waals surface area (Å²) >= 11 is 0. The van der Waals surface area contributed by atoms with E-state index in [1.54, 1.807) is 11.1 Å². The van der Waals surface area contributed by atoms with E-state index in [4.69, 9.17) is 0 Å². The van der Waals surface area contributed by atoms with Crippen molar-refractivity contribution in [2.75, 3.05) is 0 Å². The summed E-state index contributed by atoms with van der Waals surface area (Å²) in [4.78, 5) is 0. The number of unbranched alkanes of at least 4 members (excludes halogenated alkanes) is 1. The second-order valence-electron chi connectivity index (χ2n) is 4.39. The maximum atomic E-state index is 2.53. The van der Waals surface area contributed by atoms with Gasteiger partial charge in [0.2, 0.25) is 0 Å². The zero-order valence-corrected chi connectivity index (χ0v) is 8.84. The molecule has 2 aliphatic carbocycles. The molecule has 0 heterocycles. The van der Waals surface area contributed by atoms with Crippen LogP contribution < -0.4 is 0 Å². The van der Waals surface area contributed by atoms with Crippen LogP contribution in [0.25, 0.3) is 0 Å². The first kappa shape index (κ1) is 9.05. The molecule has 2 unspecified atom stereocenters. The van der Waals surface area contributed by atoms with Gasteiger partial charge in [-0.2, -0.15) is 0 Å². The Hall–Kier alpha value is -0.520. The van der Waals surface area contributed by atoms with Crippen molar-refractivity contribution in [2.24, 2.45) is 11.8 Å². The van der Waals surface area contributed by atoms with Gasteiger partial charge in [0.15, 0.2) is 0 Å². The highest BCUT2D eigenvalue weighted by molar-refractivity contribution is 5.36. The maximum absolute atomic E-state index is 2.53. The third kappa shape index (κ3) is 1.59. The fourth-order valence-corrected chi connectivity index (χ4v) is 2.78. The zero-order valence-electron chi connectivity index (χ0n) is 8.84. The molecule has 0 saturated carbocycles. The van der Waals surface area contributed by atoms with Gasteiger partial charge in [-0.05, 0) is 31.6 Å². The van der Waals surface area contributed by atoms with Crippen LogP contribution in [0.1, 0.15) is 46.0 Å². The summed E-state index contributed by atoms with van der Waals surface area (Å²) in [6, 6.07) is 0. The SMILES string of the molecule is CCCCC1=CC2C=C(CC)C1C2. The Kier molecular flexibility index (Phi) is 2.57. The number of hydrogen-bond acceptors (Lipinski definition) is 0. The Labute approximate surface area is 81.7 Å². The molecule has 0 aliphatic heterocycles. The molecule has 0 spiro atoms. The number of fused-ring (bicyclic) bond motifs is 2. The van der Waals surface area contributed by atoms with Crippen molar-refractivity contribution in [2.45, 2.75) is 46.0 Å². The van der Waals surface area contributed by atoms with Crippen molar-refractivity contribution >= 4 is 0 Å². The Balaban J connectivity index is 1.98. The highest BCUT2D eigenvalue weighted by Crippen LogP contribution is 2.45. The van der Waals surface area contributed by atoms with E-state index < -0.39 is 0 Å². The number of rotatable bonds is 4. The van der Waals surface area contributed by atoms with Crippen molar-refractivity contribution in [1.29, 1.82) is 0 Å². The van der Waals surface area contributed by atoms with Gasteiger partial charge in [-0.1, -0.05) is 43.6 Å². The lowest BCUT2D eigenvalue weighted by molar-refractivity contribution is 0.641. The highest BCUT2D eigenvalue weighted by Gasteiger charge is 2.32. The van der Waals surface area contributed by atoms with Gasteiger partial charge in [0.05, 0.1) is 0 Å². The number of allylic oxidation sites excluding steroid dienone is 4. The molecule has 0 saturated heterocycles. The van der Waals surface area contributed by atoms with E-state index in [2.05, 4.69) is 26.0 Å². The van der Waals surface area contributed by atoms with Crippen LogP contribution >= 0.6 is 0 Å². The second kappa shape index (κ2) is 3.69. The summed E-state index contributed by atoms with van der Waals surface area (Å²) in [6.45, 7) is 4.58. The van der Waals surface area contributed by atoms with E-state index >= 15 is 0 Å². The molecule has 2 aliphatic rings. The van der Waals surface area contributed by atoms with E-state index in [0.29, 0.717) is 0 Å². The molecule has 0 amide bonds. The first-order chi connectivity index (χ1) is 6.35. The normalized spacial score (nSPS) is 30.6. The maximum Gasteiger partial charge on any atom is 0.00158 e. The summed E-state index contributed by atoms with van der Waals surface area (Å²) in [7, 11) is 0. The Morgan fingerprint density at radius 2 is 2.00 bits per heavy atom. The van der Waals surface area contributed by atoms with Gasteiger partial charge in [0.25, 0.3) is 0 Å². The van der Waals surface area contributed by atoms with Crippen LogP contribution in [-0.2, 0) is 0 Å². The van der Waals surface area contributed by atoms with Gasteiger partial charge in [-0.25, -0.2) is 0 Å². The topological polar surface area (TPSA) is 0 Å². The van der Waals surface area contributed by atoms with Crippen LogP contribution in [0, 0.1) is 11.8 Å². The van der Waals surface area contributed by atoms with Crippen molar-refractivity contribution in [3.8, 4) is 0 Å². The average molecular weight is 176 g/mol. The lowest BCUT2D eigenvalue weighted by Gasteiger charge is -2.15. The third-order valence-electron chi connectivity index (χ3n) is 3.49. The second-order valence-corrected chi connectivity index (χ2v) is 4.39. The summed E-state index contributed by atoms with van der Waals surface area (Å²) in [6.07, 6.45) is 11.8. The fourth-order valence-electron chi connectivity index (χ4n) is 2.78. The molecule has 0 aromatic carbocycles. The minimum Gasteiger partial charge on any atom is -0.0778 e. The first-order valence-electron chi connectivity index (χ1n) is 5.76. The molecule has 0 fully saturated rings. The Morgan fingerprint density at radius 1 is 1.23 bits per heavy atom. The van der Waals surface area contributed by atoms with E-state index in [1.807, 2.05) is 0 Å². The van der Waals surface area contributed by atoms with Gasteiger partial charge in [0, 0.05) is 5.92 Å². The molecule has 0 nitrogen and oxygen atoms in total. The molecule has 13 heavy (non-hydrogen) atoms. The summed E-state index contributed by atoms with van der Waals surface area (Å²) in [5.74, 6) is 1.67. The Bertz CT molecular complexity index is 245. The van der Waals surface area contributed by atoms with Crippen molar-refractivity contribution in [3.63, 3.8) is 0 Å². The molecule has 2 bridgehead atoms. The molecule has 72 valence electrons. The molecule has 0 aromatic rings. The monoisotopic (exact) mass is 176 g/mol. The predicted molar refractivity (Wildman–Crippen MR) is 57.6 cm³/mol. The average Bonchev–Trinajstić information content (AvgIpc) is 2.72. The van der Waals surface area contributed by atoms with E-state index in [-0.39, 0.29) is 0 Å². The van der Waals surface area contributed by atoms with Crippen molar-refractivity contribution in [3.05, 3.63) is 23.3 Å². The molecule has 2 rings (SSSR count). The van der Waals surface area contributed by atoms with Gasteiger partial charge in [-0.15, -0.1) is 0 Å². The van der Waals surface area contributed by atoms with Gasteiger partial charge >= 0.3 is 0 Å². The van der Waals surface area contributed by atoms with Gasteiger partial charge in [-0.3, -0.25) is 0 Å². The van der Waals surface area contributed by atoms with Gasteiger partial charge < -0.3 is 0 Å². The highest BCUT2D eigenvalue weighted by atomic mass is 14.4. The fraction of sp³-hybridized carbons (Fsp3) is 0.692. The van der Waals surface area contributed by atoms with Crippen molar-refractivity contribution in [1.82, 2.24) is 0 Å². The van der Waals surface area contributed by atoms with Crippen molar-refractivity contribution < 1.29 is 0 Å². The number of hydrogen-bond donors (Lipinski definition) is 0. The summed E-state index contributed by atoms with van der Waals surface area (Å²) < 4.78 is 0. The molecule has 0 heteroatoms. The molecular formula is C13H20. The minimum absolute atomic E-state index is 0.812. The third-order valence-corrected chi connectivity index (χ3v) is 3.49. The summed E-state index contributed by atoms with van der Waals surface area (Å²) in [5, 5.41) is 0.